The lowest BCUT2D eigenvalue weighted by Crippen LogP contribution is -2.37. The van der Waals surface area contributed by atoms with Gasteiger partial charge in [-0.15, -0.1) is 0 Å². The zero-order chi connectivity index (χ0) is 23.8. The van der Waals surface area contributed by atoms with Crippen molar-refractivity contribution in [1.82, 2.24) is 0 Å². The van der Waals surface area contributed by atoms with E-state index in [-0.39, 0.29) is 5.75 Å². The molecular weight excluding hydrogens is 446 g/mol. The summed E-state index contributed by atoms with van der Waals surface area (Å²) in [5.74, 6) is -1.12. The van der Waals surface area contributed by atoms with Crippen molar-refractivity contribution in [2.75, 3.05) is 17.1 Å². The van der Waals surface area contributed by atoms with Gasteiger partial charge in [0.15, 0.2) is 6.10 Å². The predicted octanol–water partition coefficient (Wildman–Crippen LogP) is 4.35. The fourth-order valence-corrected chi connectivity index (χ4v) is 4.38. The Hall–Kier alpha value is -3.98. The molecule has 0 unspecified atom stereocenters. The number of para-hydroxylation sites is 1. The fourth-order valence-electron chi connectivity index (χ4n) is 4.38. The summed E-state index contributed by atoms with van der Waals surface area (Å²) in [5, 5.41) is 1.54. The lowest BCUT2D eigenvalue weighted by Gasteiger charge is -2.28. The number of hydrogen-bond donors (Lipinski definition) is 0. The van der Waals surface area contributed by atoms with E-state index in [2.05, 4.69) is 4.74 Å². The number of nitrogens with zero attached hydrogens (tertiary/aromatic N) is 2. The van der Waals surface area contributed by atoms with E-state index in [4.69, 9.17) is 9.57 Å². The highest BCUT2D eigenvalue weighted by Gasteiger charge is 2.60. The van der Waals surface area contributed by atoms with Crippen LogP contribution < -0.4 is 19.4 Å². The average molecular weight is 466 g/mol. The molecule has 0 aliphatic carbocycles. The predicted molar refractivity (Wildman–Crippen MR) is 119 cm³/mol. The first-order valence-corrected chi connectivity index (χ1v) is 10.6. The van der Waals surface area contributed by atoms with Crippen molar-refractivity contribution in [2.24, 2.45) is 5.92 Å². The highest BCUT2D eigenvalue weighted by atomic mass is 19.3. The maximum atomic E-state index is 13.6. The number of carbonyl (C=O) groups is 2. The first-order chi connectivity index (χ1) is 16.5. The minimum Gasteiger partial charge on any atom is -0.497 e. The van der Waals surface area contributed by atoms with Crippen molar-refractivity contribution in [3.63, 3.8) is 0 Å². The third-order valence-electron chi connectivity index (χ3n) is 5.90. The molecule has 0 aromatic heterocycles. The van der Waals surface area contributed by atoms with E-state index < -0.39 is 36.5 Å². The largest absolute Gasteiger partial charge is 0.497 e. The molecule has 0 radical (unpaired) electrons. The first kappa shape index (κ1) is 21.8. The lowest BCUT2D eigenvalue weighted by atomic mass is 9.90. The monoisotopic (exact) mass is 466 g/mol. The molecule has 2 aliphatic rings. The third kappa shape index (κ3) is 3.73. The van der Waals surface area contributed by atoms with Crippen molar-refractivity contribution in [1.29, 1.82) is 0 Å². The molecule has 7 nitrogen and oxygen atoms in total. The molecule has 2 amide bonds. The molecule has 174 valence electrons. The number of hydrogen-bond acceptors (Lipinski definition) is 6. The molecule has 34 heavy (non-hydrogen) atoms. The van der Waals surface area contributed by atoms with Crippen LogP contribution in [0.2, 0.25) is 0 Å². The van der Waals surface area contributed by atoms with Crippen LogP contribution in [-0.2, 0) is 14.4 Å². The van der Waals surface area contributed by atoms with Crippen LogP contribution >= 0.6 is 0 Å². The highest BCUT2D eigenvalue weighted by molar-refractivity contribution is 6.23. The Morgan fingerprint density at radius 2 is 1.47 bits per heavy atom. The van der Waals surface area contributed by atoms with Crippen molar-refractivity contribution < 1.29 is 32.7 Å². The van der Waals surface area contributed by atoms with Gasteiger partial charge >= 0.3 is 6.61 Å². The number of ether oxygens (including phenoxy) is 2. The average Bonchev–Trinajstić information content (AvgIpc) is 3.36. The summed E-state index contributed by atoms with van der Waals surface area (Å²) in [6, 6.07) is 21.0. The minimum absolute atomic E-state index is 0.00541. The number of fused-ring (bicyclic) bond motifs is 1. The molecule has 2 saturated heterocycles. The van der Waals surface area contributed by atoms with Crippen LogP contribution in [0, 0.1) is 5.92 Å². The van der Waals surface area contributed by atoms with E-state index in [0.717, 1.165) is 4.90 Å². The van der Waals surface area contributed by atoms with Crippen LogP contribution in [0.4, 0.5) is 20.2 Å². The first-order valence-electron chi connectivity index (χ1n) is 10.6. The van der Waals surface area contributed by atoms with Crippen LogP contribution in [0.1, 0.15) is 11.6 Å². The second-order valence-corrected chi connectivity index (χ2v) is 7.82. The van der Waals surface area contributed by atoms with E-state index in [1.54, 1.807) is 53.6 Å². The molecule has 2 fully saturated rings. The smallest absolute Gasteiger partial charge is 0.387 e. The molecular formula is C25H20F2N2O5. The van der Waals surface area contributed by atoms with Crippen molar-refractivity contribution in [3.8, 4) is 11.5 Å². The number of imide groups is 1. The van der Waals surface area contributed by atoms with Gasteiger partial charge in [0.1, 0.15) is 17.4 Å². The molecule has 2 heterocycles. The Labute approximate surface area is 194 Å². The summed E-state index contributed by atoms with van der Waals surface area (Å²) in [6.45, 7) is -2.95. The number of methoxy groups -OCH3 is 1. The van der Waals surface area contributed by atoms with E-state index in [1.165, 1.54) is 19.2 Å². The minimum atomic E-state index is -2.95. The molecule has 0 spiro atoms. The van der Waals surface area contributed by atoms with Crippen LogP contribution in [-0.4, -0.2) is 31.6 Å². The van der Waals surface area contributed by atoms with Gasteiger partial charge in [0, 0.05) is 0 Å². The lowest BCUT2D eigenvalue weighted by molar-refractivity contribution is -0.126. The number of hydroxylamine groups is 1. The van der Waals surface area contributed by atoms with Gasteiger partial charge in [0.05, 0.1) is 24.5 Å². The Balaban J connectivity index is 1.52. The standard InChI is InChI=1S/C25H20F2N2O5/c1-32-18-13-9-16(10-14-18)28-23(30)20-21(15-7-11-19(12-8-15)33-25(26)27)29(34-22(20)24(28)31)17-5-3-2-4-6-17/h2-14,20-22,25H,1H3/t20-,21-,22-/m1/s1. The topological polar surface area (TPSA) is 68.3 Å². The van der Waals surface area contributed by atoms with Gasteiger partial charge in [-0.2, -0.15) is 8.78 Å². The summed E-state index contributed by atoms with van der Waals surface area (Å²) in [6.07, 6.45) is -1.03. The zero-order valence-electron chi connectivity index (χ0n) is 18.0. The normalized spacial score (nSPS) is 21.8. The second-order valence-electron chi connectivity index (χ2n) is 7.82. The Morgan fingerprint density at radius 3 is 2.09 bits per heavy atom. The van der Waals surface area contributed by atoms with Crippen LogP contribution in [0.5, 0.6) is 11.5 Å². The molecule has 0 bridgehead atoms. The quantitative estimate of drug-likeness (QED) is 0.504. The van der Waals surface area contributed by atoms with Gasteiger partial charge in [0.2, 0.25) is 5.91 Å². The van der Waals surface area contributed by atoms with Crippen molar-refractivity contribution in [2.45, 2.75) is 18.8 Å². The number of halogens is 2. The van der Waals surface area contributed by atoms with E-state index in [9.17, 15) is 18.4 Å². The van der Waals surface area contributed by atoms with Gasteiger partial charge in [-0.25, -0.2) is 9.96 Å². The molecule has 2 aliphatic heterocycles. The number of rotatable bonds is 6. The Kier molecular flexibility index (Phi) is 5.62. The third-order valence-corrected chi connectivity index (χ3v) is 5.90. The Morgan fingerprint density at radius 1 is 0.824 bits per heavy atom. The molecule has 9 heteroatoms. The van der Waals surface area contributed by atoms with Gasteiger partial charge in [-0.1, -0.05) is 30.3 Å². The summed E-state index contributed by atoms with van der Waals surface area (Å²) < 4.78 is 34.8. The molecule has 0 N–H and O–H groups in total. The molecule has 5 rings (SSSR count). The summed E-state index contributed by atoms with van der Waals surface area (Å²) in [4.78, 5) is 34.1. The number of alkyl halides is 2. The van der Waals surface area contributed by atoms with Crippen LogP contribution in [0.3, 0.4) is 0 Å². The van der Waals surface area contributed by atoms with E-state index >= 15 is 0 Å². The molecule has 3 aromatic rings. The van der Waals surface area contributed by atoms with Crippen molar-refractivity contribution in [3.05, 3.63) is 84.4 Å². The van der Waals surface area contributed by atoms with Crippen molar-refractivity contribution >= 4 is 23.2 Å². The molecule has 0 saturated carbocycles. The highest BCUT2D eigenvalue weighted by Crippen LogP contribution is 2.47. The van der Waals surface area contributed by atoms with Gasteiger partial charge in [-0.3, -0.25) is 14.4 Å². The maximum absolute atomic E-state index is 13.6. The summed E-state index contributed by atoms with van der Waals surface area (Å²) >= 11 is 0. The zero-order valence-corrected chi connectivity index (χ0v) is 18.0. The maximum Gasteiger partial charge on any atom is 0.387 e. The number of carbonyl (C=O) groups excluding carboxylic acids is 2. The Bertz CT molecular complexity index is 1190. The van der Waals surface area contributed by atoms with E-state index in [0.29, 0.717) is 22.7 Å². The number of benzene rings is 3. The van der Waals surface area contributed by atoms with Crippen LogP contribution in [0.25, 0.3) is 0 Å². The fraction of sp³-hybridized carbons (Fsp3) is 0.200. The summed E-state index contributed by atoms with van der Waals surface area (Å²) in [7, 11) is 1.53. The number of anilines is 2. The molecule has 3 aromatic carbocycles. The molecule has 3 atom stereocenters. The van der Waals surface area contributed by atoms with Gasteiger partial charge in [0.25, 0.3) is 5.91 Å². The van der Waals surface area contributed by atoms with Gasteiger partial charge in [-0.05, 0) is 54.1 Å². The van der Waals surface area contributed by atoms with Crippen LogP contribution in [0.15, 0.2) is 78.9 Å². The SMILES string of the molecule is COc1ccc(N2C(=O)[C@@H]3[C@@H](c4ccc(OC(F)F)cc4)N(c4ccccc4)O[C@H]3C2=O)cc1. The van der Waals surface area contributed by atoms with E-state index in [1.807, 2.05) is 18.2 Å². The summed E-state index contributed by atoms with van der Waals surface area (Å²) in [5.41, 5.74) is 1.70. The number of amides is 2. The second kappa shape index (κ2) is 8.75. The van der Waals surface area contributed by atoms with Gasteiger partial charge < -0.3 is 9.47 Å².